The van der Waals surface area contributed by atoms with Crippen molar-refractivity contribution in [2.75, 3.05) is 11.5 Å². The summed E-state index contributed by atoms with van der Waals surface area (Å²) in [6, 6.07) is 8.31. The largest absolute Gasteiger partial charge is 0.396 e. The summed E-state index contributed by atoms with van der Waals surface area (Å²) >= 11 is 5.23. The molecule has 1 aromatic heterocycles. The Hall–Kier alpha value is -0.940. The fourth-order valence-electron chi connectivity index (χ4n) is 1.29. The molecule has 84 valence electrons. The minimum atomic E-state index is 0.716. The zero-order chi connectivity index (χ0) is 11.4. The standard InChI is InChI=1S/C11H12BrN3S/c12-9-1-3-11(4-2-9)16-6-5-15-8-10(13)7-14-15/h1-4,7-8H,5-6,13H2. The lowest BCUT2D eigenvalue weighted by molar-refractivity contribution is 0.666. The van der Waals surface area contributed by atoms with E-state index in [4.69, 9.17) is 5.73 Å². The van der Waals surface area contributed by atoms with Crippen molar-refractivity contribution in [1.82, 2.24) is 9.78 Å². The van der Waals surface area contributed by atoms with E-state index in [1.165, 1.54) is 4.90 Å². The first-order valence-corrected chi connectivity index (χ1v) is 6.68. The molecule has 0 fully saturated rings. The highest BCUT2D eigenvalue weighted by Crippen LogP contribution is 2.20. The Bertz CT molecular complexity index is 453. The maximum Gasteiger partial charge on any atom is 0.0719 e. The molecule has 0 aliphatic heterocycles. The molecule has 1 heterocycles. The van der Waals surface area contributed by atoms with Crippen LogP contribution < -0.4 is 5.73 Å². The van der Waals surface area contributed by atoms with Crippen molar-refractivity contribution >= 4 is 33.4 Å². The predicted molar refractivity (Wildman–Crippen MR) is 71.5 cm³/mol. The van der Waals surface area contributed by atoms with Crippen LogP contribution in [0.1, 0.15) is 0 Å². The smallest absolute Gasteiger partial charge is 0.0719 e. The summed E-state index contributed by atoms with van der Waals surface area (Å²) < 4.78 is 2.97. The van der Waals surface area contributed by atoms with E-state index in [1.54, 1.807) is 6.20 Å². The monoisotopic (exact) mass is 297 g/mol. The fraction of sp³-hybridized carbons (Fsp3) is 0.182. The number of halogens is 1. The van der Waals surface area contributed by atoms with Gasteiger partial charge in [0.15, 0.2) is 0 Å². The topological polar surface area (TPSA) is 43.8 Å². The van der Waals surface area contributed by atoms with Gasteiger partial charge in [-0.3, -0.25) is 4.68 Å². The maximum absolute atomic E-state index is 5.58. The number of anilines is 1. The number of hydrogen-bond acceptors (Lipinski definition) is 3. The van der Waals surface area contributed by atoms with E-state index >= 15 is 0 Å². The molecule has 16 heavy (non-hydrogen) atoms. The van der Waals surface area contributed by atoms with Gasteiger partial charge in [-0.1, -0.05) is 15.9 Å². The van der Waals surface area contributed by atoms with E-state index in [1.807, 2.05) is 34.8 Å². The van der Waals surface area contributed by atoms with Gasteiger partial charge in [0, 0.05) is 21.3 Å². The Labute approximate surface area is 107 Å². The third-order valence-corrected chi connectivity index (χ3v) is 3.58. The highest BCUT2D eigenvalue weighted by molar-refractivity contribution is 9.10. The van der Waals surface area contributed by atoms with E-state index in [0.717, 1.165) is 16.8 Å². The molecule has 5 heteroatoms. The highest BCUT2D eigenvalue weighted by Gasteiger charge is 1.96. The van der Waals surface area contributed by atoms with Gasteiger partial charge in [0.25, 0.3) is 0 Å². The lowest BCUT2D eigenvalue weighted by Crippen LogP contribution is -2.00. The first kappa shape index (κ1) is 11.5. The van der Waals surface area contributed by atoms with Crippen molar-refractivity contribution in [3.8, 4) is 0 Å². The van der Waals surface area contributed by atoms with E-state index in [9.17, 15) is 0 Å². The van der Waals surface area contributed by atoms with Crippen LogP contribution in [0.2, 0.25) is 0 Å². The molecule has 0 unspecified atom stereocenters. The van der Waals surface area contributed by atoms with E-state index < -0.39 is 0 Å². The zero-order valence-corrected chi connectivity index (χ0v) is 11.0. The SMILES string of the molecule is Nc1cnn(CCSc2ccc(Br)cc2)c1. The Morgan fingerprint density at radius 3 is 2.69 bits per heavy atom. The minimum Gasteiger partial charge on any atom is -0.396 e. The van der Waals surface area contributed by atoms with Crippen LogP contribution in [0.15, 0.2) is 46.0 Å². The molecule has 0 atom stereocenters. The Morgan fingerprint density at radius 2 is 2.06 bits per heavy atom. The summed E-state index contributed by atoms with van der Waals surface area (Å²) in [7, 11) is 0. The summed E-state index contributed by atoms with van der Waals surface area (Å²) in [5, 5.41) is 4.13. The van der Waals surface area contributed by atoms with Gasteiger partial charge in [0.05, 0.1) is 18.4 Å². The lowest BCUT2D eigenvalue weighted by Gasteiger charge is -2.02. The van der Waals surface area contributed by atoms with Gasteiger partial charge in [0.2, 0.25) is 0 Å². The quantitative estimate of drug-likeness (QED) is 0.882. The number of hydrogen-bond donors (Lipinski definition) is 1. The molecule has 0 saturated heterocycles. The van der Waals surface area contributed by atoms with Gasteiger partial charge >= 0.3 is 0 Å². The molecule has 2 rings (SSSR count). The molecular weight excluding hydrogens is 286 g/mol. The molecule has 2 aromatic rings. The second kappa shape index (κ2) is 5.41. The zero-order valence-electron chi connectivity index (χ0n) is 8.64. The summed E-state index contributed by atoms with van der Waals surface area (Å²) in [5.74, 6) is 0.989. The number of thioether (sulfide) groups is 1. The third-order valence-electron chi connectivity index (χ3n) is 2.06. The fourth-order valence-corrected chi connectivity index (χ4v) is 2.40. The van der Waals surface area contributed by atoms with Crippen LogP contribution in [-0.4, -0.2) is 15.5 Å². The summed E-state index contributed by atoms with van der Waals surface area (Å²) in [6.07, 6.45) is 3.52. The third kappa shape index (κ3) is 3.28. The number of nitrogen functional groups attached to an aromatic ring is 1. The Balaban J connectivity index is 1.82. The molecule has 0 bridgehead atoms. The van der Waals surface area contributed by atoms with Crippen LogP contribution in [0.3, 0.4) is 0 Å². The van der Waals surface area contributed by atoms with Crippen LogP contribution >= 0.6 is 27.7 Å². The maximum atomic E-state index is 5.58. The minimum absolute atomic E-state index is 0.716. The van der Waals surface area contributed by atoms with Crippen LogP contribution in [0.25, 0.3) is 0 Å². The number of nitrogens with two attached hydrogens (primary N) is 1. The van der Waals surface area contributed by atoms with Crippen LogP contribution in [0.4, 0.5) is 5.69 Å². The van der Waals surface area contributed by atoms with Gasteiger partial charge in [-0.05, 0) is 24.3 Å². The Morgan fingerprint density at radius 1 is 1.31 bits per heavy atom. The molecule has 0 saturated carbocycles. The molecule has 2 N–H and O–H groups in total. The van der Waals surface area contributed by atoms with Crippen molar-refractivity contribution in [2.45, 2.75) is 11.4 Å². The first-order chi connectivity index (χ1) is 7.74. The molecule has 0 aliphatic carbocycles. The van der Waals surface area contributed by atoms with Gasteiger partial charge in [-0.25, -0.2) is 0 Å². The molecule has 0 radical (unpaired) electrons. The van der Waals surface area contributed by atoms with Gasteiger partial charge < -0.3 is 5.73 Å². The van der Waals surface area contributed by atoms with Crippen molar-refractivity contribution in [3.63, 3.8) is 0 Å². The molecule has 3 nitrogen and oxygen atoms in total. The van der Waals surface area contributed by atoms with Crippen LogP contribution in [0.5, 0.6) is 0 Å². The number of aromatic nitrogens is 2. The second-order valence-electron chi connectivity index (χ2n) is 3.34. The van der Waals surface area contributed by atoms with E-state index in [0.29, 0.717) is 5.69 Å². The van der Waals surface area contributed by atoms with Crippen LogP contribution in [0, 0.1) is 0 Å². The van der Waals surface area contributed by atoms with Crippen molar-refractivity contribution < 1.29 is 0 Å². The summed E-state index contributed by atoms with van der Waals surface area (Å²) in [4.78, 5) is 1.27. The number of nitrogens with zero attached hydrogens (tertiary/aromatic N) is 2. The van der Waals surface area contributed by atoms with Crippen LogP contribution in [-0.2, 0) is 6.54 Å². The van der Waals surface area contributed by atoms with Gasteiger partial charge in [0.1, 0.15) is 0 Å². The average molecular weight is 298 g/mol. The summed E-state index contributed by atoms with van der Waals surface area (Å²) in [5.41, 5.74) is 6.30. The molecular formula is C11H12BrN3S. The van der Waals surface area contributed by atoms with E-state index in [-0.39, 0.29) is 0 Å². The molecule has 0 aliphatic rings. The lowest BCUT2D eigenvalue weighted by atomic mass is 10.4. The van der Waals surface area contributed by atoms with Crippen molar-refractivity contribution in [3.05, 3.63) is 41.1 Å². The second-order valence-corrected chi connectivity index (χ2v) is 5.42. The summed E-state index contributed by atoms with van der Waals surface area (Å²) in [6.45, 7) is 0.873. The normalized spacial score (nSPS) is 10.6. The molecule has 0 amide bonds. The highest BCUT2D eigenvalue weighted by atomic mass is 79.9. The first-order valence-electron chi connectivity index (χ1n) is 4.90. The average Bonchev–Trinajstić information content (AvgIpc) is 2.67. The van der Waals surface area contributed by atoms with Gasteiger partial charge in [-0.2, -0.15) is 5.10 Å². The number of aryl methyl sites for hydroxylation is 1. The van der Waals surface area contributed by atoms with Gasteiger partial charge in [-0.15, -0.1) is 11.8 Å². The predicted octanol–water partition coefficient (Wildman–Crippen LogP) is 3.02. The number of rotatable bonds is 4. The number of benzene rings is 1. The van der Waals surface area contributed by atoms with Crippen molar-refractivity contribution in [1.29, 1.82) is 0 Å². The Kier molecular flexibility index (Phi) is 3.90. The van der Waals surface area contributed by atoms with E-state index in [2.05, 4.69) is 33.2 Å². The molecule has 0 spiro atoms. The molecule has 1 aromatic carbocycles. The van der Waals surface area contributed by atoms with Crippen molar-refractivity contribution in [2.24, 2.45) is 0 Å².